The van der Waals surface area contributed by atoms with E-state index in [0.29, 0.717) is 24.6 Å². The fraction of sp³-hybridized carbons (Fsp3) is 0.625. The van der Waals surface area contributed by atoms with E-state index in [0.717, 1.165) is 6.42 Å². The summed E-state index contributed by atoms with van der Waals surface area (Å²) in [6.45, 7) is 8.63. The molecule has 1 N–H and O–H groups in total. The Morgan fingerprint density at radius 1 is 1.14 bits per heavy atom. The maximum Gasteiger partial charge on any atom is 0.419 e. The molecular weight excluding hydrogens is 279 g/mol. The normalized spacial score (nSPS) is 12.2. The van der Waals surface area contributed by atoms with Gasteiger partial charge in [-0.25, -0.2) is 0 Å². The highest BCUT2D eigenvalue weighted by atomic mass is 19.4. The Morgan fingerprint density at radius 3 is 2.33 bits per heavy atom. The molecule has 0 aromatic heterocycles. The van der Waals surface area contributed by atoms with Crippen LogP contribution in [0.3, 0.4) is 0 Å². The molecular formula is C16H24F3NO. The highest BCUT2D eigenvalue weighted by Gasteiger charge is 2.34. The number of hydrogen-bond donors (Lipinski definition) is 1. The van der Waals surface area contributed by atoms with E-state index in [1.54, 1.807) is 6.07 Å². The Morgan fingerprint density at radius 2 is 1.81 bits per heavy atom. The Bertz CT molecular complexity index is 442. The van der Waals surface area contributed by atoms with Crippen LogP contribution in [0.15, 0.2) is 18.2 Å². The van der Waals surface area contributed by atoms with E-state index in [4.69, 9.17) is 4.74 Å². The number of alkyl halides is 3. The van der Waals surface area contributed by atoms with Crippen LogP contribution >= 0.6 is 0 Å². The van der Waals surface area contributed by atoms with Gasteiger partial charge in [0.15, 0.2) is 0 Å². The van der Waals surface area contributed by atoms with Gasteiger partial charge in [0.05, 0.1) is 12.2 Å². The van der Waals surface area contributed by atoms with Crippen LogP contribution in [0.4, 0.5) is 13.2 Å². The molecule has 0 saturated carbocycles. The molecule has 1 rings (SSSR count). The molecule has 0 bridgehead atoms. The monoisotopic (exact) mass is 303 g/mol. The molecule has 0 aliphatic rings. The Kier molecular flexibility index (Phi) is 6.52. The van der Waals surface area contributed by atoms with Gasteiger partial charge >= 0.3 is 6.18 Å². The molecule has 0 fully saturated rings. The van der Waals surface area contributed by atoms with Crippen molar-refractivity contribution in [3.05, 3.63) is 29.3 Å². The van der Waals surface area contributed by atoms with Crippen molar-refractivity contribution in [1.29, 1.82) is 0 Å². The number of benzene rings is 1. The van der Waals surface area contributed by atoms with E-state index in [1.807, 2.05) is 27.7 Å². The summed E-state index contributed by atoms with van der Waals surface area (Å²) >= 11 is 0. The molecule has 1 aromatic rings. The van der Waals surface area contributed by atoms with Crippen molar-refractivity contribution in [3.63, 3.8) is 0 Å². The molecule has 0 aliphatic heterocycles. The molecule has 0 saturated heterocycles. The van der Waals surface area contributed by atoms with E-state index in [2.05, 4.69) is 5.32 Å². The van der Waals surface area contributed by atoms with Gasteiger partial charge in [0, 0.05) is 12.6 Å². The Balaban J connectivity index is 2.87. The fourth-order valence-corrected chi connectivity index (χ4v) is 1.76. The van der Waals surface area contributed by atoms with Crippen LogP contribution in [0, 0.1) is 5.92 Å². The first kappa shape index (κ1) is 17.8. The topological polar surface area (TPSA) is 21.3 Å². The van der Waals surface area contributed by atoms with Crippen LogP contribution in [0.25, 0.3) is 0 Å². The molecule has 0 amide bonds. The van der Waals surface area contributed by atoms with Crippen LogP contribution in [0.1, 0.15) is 45.2 Å². The lowest BCUT2D eigenvalue weighted by Gasteiger charge is -2.16. The van der Waals surface area contributed by atoms with Gasteiger partial charge in [0.25, 0.3) is 0 Å². The molecule has 0 spiro atoms. The van der Waals surface area contributed by atoms with E-state index < -0.39 is 11.7 Å². The quantitative estimate of drug-likeness (QED) is 0.793. The minimum absolute atomic E-state index is 0.0866. The molecule has 1 aromatic carbocycles. The third-order valence-corrected chi connectivity index (χ3v) is 3.02. The minimum Gasteiger partial charge on any atom is -0.493 e. The summed E-state index contributed by atoms with van der Waals surface area (Å²) in [6.07, 6.45) is -3.67. The van der Waals surface area contributed by atoms with E-state index in [1.165, 1.54) is 12.1 Å². The molecule has 120 valence electrons. The summed E-state index contributed by atoms with van der Waals surface area (Å²) in [5.41, 5.74) is -0.0958. The molecule has 2 nitrogen and oxygen atoms in total. The zero-order valence-corrected chi connectivity index (χ0v) is 13.1. The number of halogens is 3. The maximum absolute atomic E-state index is 13.1. The molecule has 0 radical (unpaired) electrons. The Hall–Kier alpha value is -1.23. The highest BCUT2D eigenvalue weighted by molar-refractivity contribution is 5.39. The van der Waals surface area contributed by atoms with Gasteiger partial charge in [0.2, 0.25) is 0 Å². The van der Waals surface area contributed by atoms with Crippen LogP contribution in [0.5, 0.6) is 5.75 Å². The zero-order chi connectivity index (χ0) is 16.0. The second-order valence-corrected chi connectivity index (χ2v) is 5.89. The van der Waals surface area contributed by atoms with Gasteiger partial charge < -0.3 is 10.1 Å². The van der Waals surface area contributed by atoms with Crippen molar-refractivity contribution in [2.75, 3.05) is 6.61 Å². The standard InChI is InChI=1S/C16H24F3NO/c1-11(2)7-8-21-15-6-5-13(10-20-12(3)4)9-14(15)16(17,18)19/h5-6,9,11-12,20H,7-8,10H2,1-4H3. The van der Waals surface area contributed by atoms with Gasteiger partial charge in [-0.2, -0.15) is 13.2 Å². The lowest BCUT2D eigenvalue weighted by molar-refractivity contribution is -0.139. The molecule has 5 heteroatoms. The highest BCUT2D eigenvalue weighted by Crippen LogP contribution is 2.37. The molecule has 0 heterocycles. The van der Waals surface area contributed by atoms with Gasteiger partial charge in [-0.3, -0.25) is 0 Å². The average Bonchev–Trinajstić information content (AvgIpc) is 2.35. The second-order valence-electron chi connectivity index (χ2n) is 5.89. The number of ether oxygens (including phenoxy) is 1. The van der Waals surface area contributed by atoms with Crippen LogP contribution < -0.4 is 10.1 Å². The predicted octanol–water partition coefficient (Wildman–Crippen LogP) is 4.63. The summed E-state index contributed by atoms with van der Waals surface area (Å²) in [5.74, 6) is 0.310. The molecule has 21 heavy (non-hydrogen) atoms. The number of nitrogens with one attached hydrogen (secondary N) is 1. The van der Waals surface area contributed by atoms with Crippen LogP contribution in [0.2, 0.25) is 0 Å². The largest absolute Gasteiger partial charge is 0.493 e. The van der Waals surface area contributed by atoms with E-state index in [9.17, 15) is 13.2 Å². The van der Waals surface area contributed by atoms with Crippen LogP contribution in [-0.4, -0.2) is 12.6 Å². The number of rotatable bonds is 7. The summed E-state index contributed by atoms with van der Waals surface area (Å²) in [7, 11) is 0. The second kappa shape index (κ2) is 7.69. The SMILES string of the molecule is CC(C)CCOc1ccc(CNC(C)C)cc1C(F)(F)F. The summed E-state index contributed by atoms with van der Waals surface area (Å²) in [6, 6.07) is 4.48. The van der Waals surface area contributed by atoms with Gasteiger partial charge in [-0.05, 0) is 30.0 Å². The summed E-state index contributed by atoms with van der Waals surface area (Å²) < 4.78 is 44.7. The number of hydrogen-bond acceptors (Lipinski definition) is 2. The molecule has 0 atom stereocenters. The van der Waals surface area contributed by atoms with Crippen molar-refractivity contribution in [3.8, 4) is 5.75 Å². The van der Waals surface area contributed by atoms with Crippen molar-refractivity contribution in [1.82, 2.24) is 5.32 Å². The van der Waals surface area contributed by atoms with Gasteiger partial charge in [0.1, 0.15) is 5.75 Å². The first-order valence-electron chi connectivity index (χ1n) is 7.26. The minimum atomic E-state index is -4.40. The van der Waals surface area contributed by atoms with Gasteiger partial charge in [-0.15, -0.1) is 0 Å². The Labute approximate surface area is 124 Å². The predicted molar refractivity (Wildman–Crippen MR) is 78.4 cm³/mol. The first-order valence-corrected chi connectivity index (χ1v) is 7.26. The summed E-state index contributed by atoms with van der Waals surface area (Å²) in [5, 5.41) is 3.11. The van der Waals surface area contributed by atoms with Crippen molar-refractivity contribution < 1.29 is 17.9 Å². The van der Waals surface area contributed by atoms with E-state index >= 15 is 0 Å². The lowest BCUT2D eigenvalue weighted by atomic mass is 10.1. The molecule has 0 unspecified atom stereocenters. The maximum atomic E-state index is 13.1. The van der Waals surface area contributed by atoms with Crippen LogP contribution in [-0.2, 0) is 12.7 Å². The zero-order valence-electron chi connectivity index (χ0n) is 13.1. The third-order valence-electron chi connectivity index (χ3n) is 3.02. The van der Waals surface area contributed by atoms with Crippen molar-refractivity contribution in [2.45, 2.75) is 52.9 Å². The van der Waals surface area contributed by atoms with Crippen molar-refractivity contribution >= 4 is 0 Å². The molecule has 0 aliphatic carbocycles. The third kappa shape index (κ3) is 6.38. The summed E-state index contributed by atoms with van der Waals surface area (Å²) in [4.78, 5) is 0. The lowest BCUT2D eigenvalue weighted by Crippen LogP contribution is -2.22. The van der Waals surface area contributed by atoms with Crippen molar-refractivity contribution in [2.24, 2.45) is 5.92 Å². The van der Waals surface area contributed by atoms with Gasteiger partial charge in [-0.1, -0.05) is 33.8 Å². The average molecular weight is 303 g/mol. The fourth-order valence-electron chi connectivity index (χ4n) is 1.76. The smallest absolute Gasteiger partial charge is 0.419 e. The first-order chi connectivity index (χ1) is 9.70. The van der Waals surface area contributed by atoms with E-state index in [-0.39, 0.29) is 11.8 Å².